The molecule has 1 aromatic rings. The van der Waals surface area contributed by atoms with Gasteiger partial charge in [-0.25, -0.2) is 0 Å². The molecular formula is C12H23N5O. The average molecular weight is 253 g/mol. The maximum Gasteiger partial charge on any atom is 0.0964 e. The molecule has 0 saturated carbocycles. The van der Waals surface area contributed by atoms with Gasteiger partial charge in [-0.1, -0.05) is 12.1 Å². The molecule has 6 nitrogen and oxygen atoms in total. The van der Waals surface area contributed by atoms with E-state index in [0.29, 0.717) is 18.6 Å². The normalized spacial score (nSPS) is 23.7. The monoisotopic (exact) mass is 253 g/mol. The van der Waals surface area contributed by atoms with Crippen LogP contribution in [0.3, 0.4) is 0 Å². The average Bonchev–Trinajstić information content (AvgIpc) is 2.99. The highest BCUT2D eigenvalue weighted by atomic mass is 16.5. The van der Waals surface area contributed by atoms with Gasteiger partial charge < -0.3 is 15.8 Å². The molecule has 2 heterocycles. The largest absolute Gasteiger partial charge is 0.378 e. The summed E-state index contributed by atoms with van der Waals surface area (Å²) in [5.41, 5.74) is 6.43. The molecule has 6 heteroatoms. The summed E-state index contributed by atoms with van der Waals surface area (Å²) in [7, 11) is 0. The van der Waals surface area contributed by atoms with Crippen LogP contribution in [-0.4, -0.2) is 40.8 Å². The molecule has 1 aromatic heterocycles. The number of nitrogens with zero attached hydrogens (tertiary/aromatic N) is 3. The lowest BCUT2D eigenvalue weighted by atomic mass is 10.00. The van der Waals surface area contributed by atoms with E-state index in [9.17, 15) is 0 Å². The summed E-state index contributed by atoms with van der Waals surface area (Å²) < 4.78 is 7.45. The van der Waals surface area contributed by atoms with Gasteiger partial charge in [0.2, 0.25) is 0 Å². The van der Waals surface area contributed by atoms with Crippen LogP contribution < -0.4 is 11.1 Å². The Bertz CT molecular complexity index is 354. The van der Waals surface area contributed by atoms with Crippen molar-refractivity contribution in [2.75, 3.05) is 19.7 Å². The Kier molecular flexibility index (Phi) is 5.10. The highest BCUT2D eigenvalue weighted by Crippen LogP contribution is 2.22. The van der Waals surface area contributed by atoms with E-state index in [1.54, 1.807) is 4.68 Å². The van der Waals surface area contributed by atoms with E-state index in [1.165, 1.54) is 0 Å². The minimum Gasteiger partial charge on any atom is -0.378 e. The summed E-state index contributed by atoms with van der Waals surface area (Å²) in [6, 6.07) is 0. The van der Waals surface area contributed by atoms with Crippen molar-refractivity contribution in [1.29, 1.82) is 0 Å². The molecule has 0 radical (unpaired) electrons. The lowest BCUT2D eigenvalue weighted by Gasteiger charge is -2.16. The van der Waals surface area contributed by atoms with E-state index in [0.717, 1.165) is 44.8 Å². The molecule has 2 rings (SSSR count). The van der Waals surface area contributed by atoms with Crippen LogP contribution in [0.4, 0.5) is 0 Å². The summed E-state index contributed by atoms with van der Waals surface area (Å²) >= 11 is 0. The van der Waals surface area contributed by atoms with Crippen LogP contribution in [0.25, 0.3) is 0 Å². The molecule has 1 aliphatic rings. The topological polar surface area (TPSA) is 78.0 Å². The van der Waals surface area contributed by atoms with Crippen LogP contribution in [0, 0.1) is 5.92 Å². The fourth-order valence-corrected chi connectivity index (χ4v) is 2.42. The van der Waals surface area contributed by atoms with Gasteiger partial charge in [0.05, 0.1) is 18.3 Å². The van der Waals surface area contributed by atoms with Crippen LogP contribution in [0.15, 0.2) is 6.20 Å². The van der Waals surface area contributed by atoms with Gasteiger partial charge in [-0.3, -0.25) is 4.68 Å². The molecule has 0 amide bonds. The van der Waals surface area contributed by atoms with E-state index in [-0.39, 0.29) is 0 Å². The number of hydrogen-bond acceptors (Lipinski definition) is 5. The van der Waals surface area contributed by atoms with Crippen molar-refractivity contribution < 1.29 is 4.74 Å². The number of hydrogen-bond donors (Lipinski definition) is 2. The minimum absolute atomic E-state index is 0.422. The molecule has 0 aliphatic carbocycles. The van der Waals surface area contributed by atoms with Crippen LogP contribution in [-0.2, 0) is 17.8 Å². The Balaban J connectivity index is 1.71. The van der Waals surface area contributed by atoms with E-state index in [1.807, 2.05) is 6.20 Å². The highest BCUT2D eigenvalue weighted by Gasteiger charge is 2.25. The van der Waals surface area contributed by atoms with Gasteiger partial charge in [-0.05, 0) is 18.8 Å². The predicted molar refractivity (Wildman–Crippen MR) is 68.9 cm³/mol. The summed E-state index contributed by atoms with van der Waals surface area (Å²) in [6.07, 6.45) is 4.62. The highest BCUT2D eigenvalue weighted by molar-refractivity contribution is 4.92. The zero-order valence-corrected chi connectivity index (χ0v) is 11.0. The molecule has 3 N–H and O–H groups in total. The number of ether oxygens (including phenoxy) is 1. The summed E-state index contributed by atoms with van der Waals surface area (Å²) in [4.78, 5) is 0. The molecule has 18 heavy (non-hydrogen) atoms. The van der Waals surface area contributed by atoms with Gasteiger partial charge in [0.25, 0.3) is 0 Å². The first-order valence-corrected chi connectivity index (χ1v) is 6.75. The fraction of sp³-hybridized carbons (Fsp3) is 0.833. The van der Waals surface area contributed by atoms with Crippen molar-refractivity contribution in [3.05, 3.63) is 11.9 Å². The van der Waals surface area contributed by atoms with E-state index in [4.69, 9.17) is 10.5 Å². The Morgan fingerprint density at radius 1 is 1.61 bits per heavy atom. The van der Waals surface area contributed by atoms with Gasteiger partial charge >= 0.3 is 0 Å². The second kappa shape index (κ2) is 6.82. The lowest BCUT2D eigenvalue weighted by molar-refractivity contribution is 0.0872. The zero-order valence-electron chi connectivity index (χ0n) is 11.0. The third-order valence-corrected chi connectivity index (χ3v) is 3.41. The maximum atomic E-state index is 5.67. The zero-order chi connectivity index (χ0) is 12.8. The SMILES string of the molecule is CCC1OCCC1CNCc1cn(CCN)nn1. The first-order chi connectivity index (χ1) is 8.83. The number of aromatic nitrogens is 3. The Morgan fingerprint density at radius 3 is 3.28 bits per heavy atom. The first kappa shape index (κ1) is 13.5. The third kappa shape index (κ3) is 3.51. The molecule has 1 saturated heterocycles. The van der Waals surface area contributed by atoms with Crippen LogP contribution in [0.5, 0.6) is 0 Å². The molecule has 0 aromatic carbocycles. The van der Waals surface area contributed by atoms with Gasteiger partial charge in [0.15, 0.2) is 0 Å². The third-order valence-electron chi connectivity index (χ3n) is 3.41. The van der Waals surface area contributed by atoms with Crippen molar-refractivity contribution in [1.82, 2.24) is 20.3 Å². The Hall–Kier alpha value is -0.980. The van der Waals surface area contributed by atoms with Crippen molar-refractivity contribution in [3.63, 3.8) is 0 Å². The van der Waals surface area contributed by atoms with E-state index in [2.05, 4.69) is 22.6 Å². The molecule has 2 atom stereocenters. The number of nitrogens with one attached hydrogen (secondary N) is 1. The second-order valence-electron chi connectivity index (χ2n) is 4.76. The number of rotatable bonds is 7. The maximum absolute atomic E-state index is 5.67. The van der Waals surface area contributed by atoms with Crippen molar-refractivity contribution >= 4 is 0 Å². The summed E-state index contributed by atoms with van der Waals surface area (Å²) in [5, 5.41) is 11.5. The lowest BCUT2D eigenvalue weighted by Crippen LogP contribution is -2.28. The Labute approximate surface area is 108 Å². The van der Waals surface area contributed by atoms with Crippen LogP contribution in [0.1, 0.15) is 25.5 Å². The van der Waals surface area contributed by atoms with Crippen molar-refractivity contribution in [3.8, 4) is 0 Å². The second-order valence-corrected chi connectivity index (χ2v) is 4.76. The smallest absolute Gasteiger partial charge is 0.0964 e. The predicted octanol–water partition coefficient (Wildman–Crippen LogP) is 0.142. The van der Waals surface area contributed by atoms with Gasteiger partial charge in [-0.2, -0.15) is 0 Å². The molecule has 0 bridgehead atoms. The van der Waals surface area contributed by atoms with Gasteiger partial charge in [-0.15, -0.1) is 5.10 Å². The molecule has 0 spiro atoms. The van der Waals surface area contributed by atoms with Crippen molar-refractivity contribution in [2.45, 2.75) is 39.0 Å². The molecule has 2 unspecified atom stereocenters. The van der Waals surface area contributed by atoms with Crippen LogP contribution in [0.2, 0.25) is 0 Å². The van der Waals surface area contributed by atoms with E-state index >= 15 is 0 Å². The van der Waals surface area contributed by atoms with Crippen molar-refractivity contribution in [2.24, 2.45) is 11.7 Å². The molecule has 102 valence electrons. The number of nitrogens with two attached hydrogens (primary N) is 1. The molecular weight excluding hydrogens is 230 g/mol. The Morgan fingerprint density at radius 2 is 2.50 bits per heavy atom. The summed E-state index contributed by atoms with van der Waals surface area (Å²) in [6.45, 7) is 6.15. The fourth-order valence-electron chi connectivity index (χ4n) is 2.42. The first-order valence-electron chi connectivity index (χ1n) is 6.75. The van der Waals surface area contributed by atoms with Gasteiger partial charge in [0, 0.05) is 32.4 Å². The standard InChI is InChI=1S/C12H23N5O/c1-2-12-10(3-6-18-12)7-14-8-11-9-17(5-4-13)16-15-11/h9-10,12,14H,2-8,13H2,1H3. The minimum atomic E-state index is 0.422. The molecule has 1 fully saturated rings. The quantitative estimate of drug-likeness (QED) is 0.723. The van der Waals surface area contributed by atoms with Gasteiger partial charge in [0.1, 0.15) is 0 Å². The van der Waals surface area contributed by atoms with Crippen LogP contribution >= 0.6 is 0 Å². The molecule has 1 aliphatic heterocycles. The summed E-state index contributed by atoms with van der Waals surface area (Å²) in [5.74, 6) is 0.633. The van der Waals surface area contributed by atoms with E-state index < -0.39 is 0 Å².